The van der Waals surface area contributed by atoms with E-state index in [4.69, 9.17) is 5.73 Å². The van der Waals surface area contributed by atoms with Crippen LogP contribution in [0.15, 0.2) is 6.20 Å². The van der Waals surface area contributed by atoms with Gasteiger partial charge in [0.2, 0.25) is 5.91 Å². The number of thiazole rings is 1. The topological polar surface area (TPSA) is 68.0 Å². The second-order valence-electron chi connectivity index (χ2n) is 4.63. The van der Waals surface area contributed by atoms with E-state index in [-0.39, 0.29) is 11.9 Å². The number of aryl methyl sites for hydroxylation is 1. The molecule has 1 amide bonds. The minimum absolute atomic E-state index is 0.199. The number of nitrogens with zero attached hydrogens (tertiary/aromatic N) is 1. The Labute approximate surface area is 100 Å². The van der Waals surface area contributed by atoms with E-state index in [1.165, 1.54) is 4.88 Å². The summed E-state index contributed by atoms with van der Waals surface area (Å²) in [5.41, 5.74) is 4.79. The summed E-state index contributed by atoms with van der Waals surface area (Å²) in [6.45, 7) is 8.29. The maximum atomic E-state index is 11.1. The lowest BCUT2D eigenvalue weighted by molar-refractivity contribution is -0.125. The molecule has 0 fully saturated rings. The molecule has 5 heteroatoms. The summed E-state index contributed by atoms with van der Waals surface area (Å²) < 4.78 is 0. The molecule has 0 aliphatic heterocycles. The fraction of sp³-hybridized carbons (Fsp3) is 0.636. The Hall–Kier alpha value is -0.940. The normalized spacial score (nSPS) is 13.8. The Bertz CT molecular complexity index is 373. The first-order chi connectivity index (χ1) is 7.33. The summed E-state index contributed by atoms with van der Waals surface area (Å²) in [5.74, 6) is -0.285. The van der Waals surface area contributed by atoms with Crippen LogP contribution in [0.25, 0.3) is 0 Å². The zero-order valence-electron chi connectivity index (χ0n) is 10.2. The van der Waals surface area contributed by atoms with Gasteiger partial charge < -0.3 is 11.1 Å². The molecule has 0 aliphatic carbocycles. The second-order valence-corrected chi connectivity index (χ2v) is 5.90. The fourth-order valence-corrected chi connectivity index (χ4v) is 1.99. The van der Waals surface area contributed by atoms with Gasteiger partial charge >= 0.3 is 0 Å². The van der Waals surface area contributed by atoms with Crippen molar-refractivity contribution in [1.82, 2.24) is 10.3 Å². The molecule has 1 heterocycles. The maximum absolute atomic E-state index is 11.1. The zero-order valence-corrected chi connectivity index (χ0v) is 11.0. The van der Waals surface area contributed by atoms with Crippen molar-refractivity contribution in [2.45, 2.75) is 33.7 Å². The van der Waals surface area contributed by atoms with Gasteiger partial charge in [-0.3, -0.25) is 4.79 Å². The molecule has 0 aliphatic rings. The number of nitrogens with two attached hydrogens (primary N) is 1. The fourth-order valence-electron chi connectivity index (χ4n) is 1.17. The first-order valence-corrected chi connectivity index (χ1v) is 6.10. The predicted molar refractivity (Wildman–Crippen MR) is 66.2 cm³/mol. The van der Waals surface area contributed by atoms with Crippen molar-refractivity contribution in [2.24, 2.45) is 11.1 Å². The third-order valence-corrected chi connectivity index (χ3v) is 3.68. The molecule has 0 bridgehead atoms. The van der Waals surface area contributed by atoms with E-state index in [0.717, 1.165) is 5.01 Å². The van der Waals surface area contributed by atoms with E-state index in [2.05, 4.69) is 17.2 Å². The van der Waals surface area contributed by atoms with Gasteiger partial charge in [0.15, 0.2) is 0 Å². The van der Waals surface area contributed by atoms with Crippen LogP contribution >= 0.6 is 11.3 Å². The molecule has 1 rings (SSSR count). The van der Waals surface area contributed by atoms with Gasteiger partial charge in [0, 0.05) is 23.7 Å². The molecular formula is C11H19N3OS. The third-order valence-electron chi connectivity index (χ3n) is 2.58. The molecule has 4 nitrogen and oxygen atoms in total. The minimum Gasteiger partial charge on any atom is -0.369 e. The SMILES string of the molecule is Cc1ncc(C(C)NCC(C)(C)C(N)=O)s1. The molecule has 1 atom stereocenters. The number of hydrogen-bond donors (Lipinski definition) is 2. The third kappa shape index (κ3) is 3.28. The van der Waals surface area contributed by atoms with Gasteiger partial charge in [-0.2, -0.15) is 0 Å². The largest absolute Gasteiger partial charge is 0.369 e. The van der Waals surface area contributed by atoms with Gasteiger partial charge in [-0.15, -0.1) is 11.3 Å². The van der Waals surface area contributed by atoms with Gasteiger partial charge in [0.25, 0.3) is 0 Å². The van der Waals surface area contributed by atoms with Gasteiger partial charge in [0.05, 0.1) is 10.4 Å². The van der Waals surface area contributed by atoms with Crippen molar-refractivity contribution < 1.29 is 4.79 Å². The number of aromatic nitrogens is 1. The number of carbonyl (C=O) groups is 1. The van der Waals surface area contributed by atoms with E-state index in [1.54, 1.807) is 11.3 Å². The van der Waals surface area contributed by atoms with Crippen LogP contribution in [0, 0.1) is 12.3 Å². The second kappa shape index (κ2) is 4.93. The van der Waals surface area contributed by atoms with E-state index in [1.807, 2.05) is 27.0 Å². The van der Waals surface area contributed by atoms with Crippen molar-refractivity contribution in [1.29, 1.82) is 0 Å². The number of amides is 1. The van der Waals surface area contributed by atoms with Crippen LogP contribution in [0.5, 0.6) is 0 Å². The number of rotatable bonds is 5. The van der Waals surface area contributed by atoms with E-state index in [9.17, 15) is 4.79 Å². The van der Waals surface area contributed by atoms with Crippen molar-refractivity contribution in [3.63, 3.8) is 0 Å². The van der Waals surface area contributed by atoms with Crippen LogP contribution in [0.4, 0.5) is 0 Å². The molecule has 16 heavy (non-hydrogen) atoms. The van der Waals surface area contributed by atoms with E-state index in [0.29, 0.717) is 6.54 Å². The van der Waals surface area contributed by atoms with Gasteiger partial charge in [-0.05, 0) is 27.7 Å². The summed E-state index contributed by atoms with van der Waals surface area (Å²) in [7, 11) is 0. The average molecular weight is 241 g/mol. The lowest BCUT2D eigenvalue weighted by atomic mass is 9.92. The Balaban J connectivity index is 2.53. The standard InChI is InChI=1S/C11H19N3OS/c1-7(9-5-13-8(2)16-9)14-6-11(3,4)10(12)15/h5,7,14H,6H2,1-4H3,(H2,12,15). The highest BCUT2D eigenvalue weighted by atomic mass is 32.1. The quantitative estimate of drug-likeness (QED) is 0.823. The molecule has 0 spiro atoms. The Morgan fingerprint density at radius 3 is 2.75 bits per heavy atom. The highest BCUT2D eigenvalue weighted by Crippen LogP contribution is 2.21. The molecule has 1 unspecified atom stereocenters. The molecule has 0 saturated heterocycles. The monoisotopic (exact) mass is 241 g/mol. The molecule has 1 aromatic heterocycles. The summed E-state index contributed by atoms with van der Waals surface area (Å²) in [5, 5.41) is 4.36. The lowest BCUT2D eigenvalue weighted by Gasteiger charge is -2.23. The Morgan fingerprint density at radius 1 is 1.69 bits per heavy atom. The van der Waals surface area contributed by atoms with Crippen LogP contribution in [0.3, 0.4) is 0 Å². The lowest BCUT2D eigenvalue weighted by Crippen LogP contribution is -2.41. The van der Waals surface area contributed by atoms with Crippen molar-refractivity contribution in [2.75, 3.05) is 6.54 Å². The van der Waals surface area contributed by atoms with Crippen LogP contribution in [-0.4, -0.2) is 17.4 Å². The number of primary amides is 1. The molecule has 0 aromatic carbocycles. The van der Waals surface area contributed by atoms with Crippen LogP contribution in [0.1, 0.15) is 36.7 Å². The van der Waals surface area contributed by atoms with Crippen molar-refractivity contribution in [3.05, 3.63) is 16.1 Å². The number of carbonyl (C=O) groups excluding carboxylic acids is 1. The molecule has 0 radical (unpaired) electrons. The summed E-state index contributed by atoms with van der Waals surface area (Å²) in [4.78, 5) is 16.5. The Morgan fingerprint density at radius 2 is 2.31 bits per heavy atom. The first-order valence-electron chi connectivity index (χ1n) is 5.28. The summed E-state index contributed by atoms with van der Waals surface area (Å²) >= 11 is 1.67. The molecular weight excluding hydrogens is 222 g/mol. The van der Waals surface area contributed by atoms with Gasteiger partial charge in [0.1, 0.15) is 0 Å². The van der Waals surface area contributed by atoms with Gasteiger partial charge in [-0.25, -0.2) is 4.98 Å². The van der Waals surface area contributed by atoms with Crippen LogP contribution in [-0.2, 0) is 4.79 Å². The summed E-state index contributed by atoms with van der Waals surface area (Å²) in [6, 6.07) is 0.199. The molecule has 3 N–H and O–H groups in total. The predicted octanol–water partition coefficient (Wildman–Crippen LogP) is 1.61. The molecule has 90 valence electrons. The van der Waals surface area contributed by atoms with Crippen molar-refractivity contribution in [3.8, 4) is 0 Å². The maximum Gasteiger partial charge on any atom is 0.224 e. The zero-order chi connectivity index (χ0) is 12.3. The van der Waals surface area contributed by atoms with E-state index >= 15 is 0 Å². The first kappa shape index (κ1) is 13.1. The molecule has 1 aromatic rings. The minimum atomic E-state index is -0.520. The highest BCUT2D eigenvalue weighted by Gasteiger charge is 2.25. The Kier molecular flexibility index (Phi) is 4.04. The van der Waals surface area contributed by atoms with E-state index < -0.39 is 5.41 Å². The average Bonchev–Trinajstić information content (AvgIpc) is 2.61. The van der Waals surface area contributed by atoms with Crippen LogP contribution in [0.2, 0.25) is 0 Å². The van der Waals surface area contributed by atoms with Crippen LogP contribution < -0.4 is 11.1 Å². The number of nitrogens with one attached hydrogen (secondary N) is 1. The highest BCUT2D eigenvalue weighted by molar-refractivity contribution is 7.11. The smallest absolute Gasteiger partial charge is 0.224 e. The summed E-state index contributed by atoms with van der Waals surface area (Å²) in [6.07, 6.45) is 1.87. The number of hydrogen-bond acceptors (Lipinski definition) is 4. The van der Waals surface area contributed by atoms with Crippen molar-refractivity contribution >= 4 is 17.2 Å². The molecule has 0 saturated carbocycles. The van der Waals surface area contributed by atoms with Gasteiger partial charge in [-0.1, -0.05) is 0 Å².